The number of rotatable bonds is 0. The maximum atomic E-state index is 10.4. The van der Waals surface area contributed by atoms with Crippen molar-refractivity contribution in [2.45, 2.75) is 0 Å². The molecule has 1 N–H and O–H groups in total. The van der Waals surface area contributed by atoms with Crippen LogP contribution in [-0.2, 0) is 0 Å². The quantitative estimate of drug-likeness (QED) is 0.508. The number of nitrogens with zero attached hydrogens (tertiary/aromatic N) is 1. The van der Waals surface area contributed by atoms with Crippen molar-refractivity contribution < 1.29 is 4.79 Å². The Hall–Kier alpha value is -1.38. The number of nitrogens with one attached hydrogen (secondary N) is 1. The van der Waals surface area contributed by atoms with Crippen LogP contribution in [0.25, 0.3) is 0 Å². The second kappa shape index (κ2) is 2.81. The molecule has 0 aliphatic carbocycles. The Balaban J connectivity index is 2.70. The van der Waals surface area contributed by atoms with Gasteiger partial charge in [0.2, 0.25) is 0 Å². The van der Waals surface area contributed by atoms with E-state index in [1.54, 1.807) is 18.2 Å². The van der Waals surface area contributed by atoms with Gasteiger partial charge in [-0.1, -0.05) is 6.08 Å². The van der Waals surface area contributed by atoms with Crippen molar-refractivity contribution in [1.82, 2.24) is 5.32 Å². The first-order valence-electron chi connectivity index (χ1n) is 2.56. The molecule has 0 aromatic carbocycles. The topological polar surface area (TPSA) is 41.5 Å². The van der Waals surface area contributed by atoms with Crippen LogP contribution >= 0.6 is 0 Å². The summed E-state index contributed by atoms with van der Waals surface area (Å²) in [5, 5.41) is 2.42. The fourth-order valence-electron chi connectivity index (χ4n) is 0.437. The molecule has 0 aromatic rings. The lowest BCUT2D eigenvalue weighted by Crippen LogP contribution is -2.11. The first-order chi connectivity index (χ1) is 4.39. The van der Waals surface area contributed by atoms with E-state index < -0.39 is 0 Å². The van der Waals surface area contributed by atoms with Crippen LogP contribution in [0, 0.1) is 0 Å². The lowest BCUT2D eigenvalue weighted by molar-refractivity contribution is 0.252. The average molecular weight is 122 g/mol. The summed E-state index contributed by atoms with van der Waals surface area (Å²) in [4.78, 5) is 13.9. The number of hydrogen-bond donors (Lipinski definition) is 1. The van der Waals surface area contributed by atoms with Gasteiger partial charge in [-0.15, -0.1) is 0 Å². The molecule has 46 valence electrons. The van der Waals surface area contributed by atoms with Gasteiger partial charge in [0.25, 0.3) is 0 Å². The van der Waals surface area contributed by atoms with Gasteiger partial charge in [0.1, 0.15) is 0 Å². The average Bonchev–Trinajstić information content (AvgIpc) is 1.79. The summed E-state index contributed by atoms with van der Waals surface area (Å²) in [7, 11) is 0. The minimum Gasteiger partial charge on any atom is -0.313 e. The van der Waals surface area contributed by atoms with E-state index in [9.17, 15) is 4.79 Å². The Kier molecular flexibility index (Phi) is 1.80. The minimum atomic E-state index is -0.337. The molecule has 0 spiro atoms. The molecule has 0 unspecified atom stereocenters. The van der Waals surface area contributed by atoms with Crippen molar-refractivity contribution in [1.29, 1.82) is 0 Å². The molecular formula is C6H6N2O. The fraction of sp³-hybridized carbons (Fsp3) is 0. The minimum absolute atomic E-state index is 0.337. The maximum absolute atomic E-state index is 10.4. The van der Waals surface area contributed by atoms with Crippen molar-refractivity contribution >= 4 is 12.2 Å². The van der Waals surface area contributed by atoms with E-state index in [0.717, 1.165) is 0 Å². The number of carbonyl (C=O) groups excluding carboxylic acids is 1. The zero-order valence-electron chi connectivity index (χ0n) is 4.74. The fourth-order valence-corrected chi connectivity index (χ4v) is 0.437. The molecule has 9 heavy (non-hydrogen) atoms. The predicted molar refractivity (Wildman–Crippen MR) is 35.3 cm³/mol. The normalized spacial score (nSPS) is 16.7. The summed E-state index contributed by atoms with van der Waals surface area (Å²) < 4.78 is 0. The number of allylic oxidation sites excluding steroid dienone is 3. The first kappa shape index (κ1) is 5.75. The highest BCUT2D eigenvalue weighted by Gasteiger charge is 1.88. The van der Waals surface area contributed by atoms with E-state index in [0.29, 0.717) is 0 Å². The third-order valence-electron chi connectivity index (χ3n) is 0.803. The molecule has 0 atom stereocenters. The Morgan fingerprint density at radius 2 is 2.22 bits per heavy atom. The van der Waals surface area contributed by atoms with Crippen LogP contribution < -0.4 is 5.32 Å². The summed E-state index contributed by atoms with van der Waals surface area (Å²) in [6, 6.07) is -0.337. The molecular weight excluding hydrogens is 116 g/mol. The smallest absolute Gasteiger partial charge is 0.313 e. The van der Waals surface area contributed by atoms with Crippen molar-refractivity contribution in [2.24, 2.45) is 4.99 Å². The Morgan fingerprint density at radius 1 is 1.33 bits per heavy atom. The number of urea groups is 1. The summed E-state index contributed by atoms with van der Waals surface area (Å²) in [6.45, 7) is 0. The molecule has 1 aliphatic rings. The zero-order valence-corrected chi connectivity index (χ0v) is 4.74. The standard InChI is InChI=1S/C6H6N2O/c9-6-7-4-2-1-3-5-8-6/h1-5H,(H,7,8,9). The van der Waals surface area contributed by atoms with E-state index in [-0.39, 0.29) is 6.03 Å². The van der Waals surface area contributed by atoms with E-state index in [1.165, 1.54) is 12.4 Å². The summed E-state index contributed by atoms with van der Waals surface area (Å²) >= 11 is 0. The Bertz CT molecular complexity index is 191. The van der Waals surface area contributed by atoms with Crippen LogP contribution in [0.2, 0.25) is 0 Å². The number of aliphatic imine (C=N–C) groups is 1. The molecule has 3 heteroatoms. The van der Waals surface area contributed by atoms with Crippen LogP contribution in [0.15, 0.2) is 29.4 Å². The van der Waals surface area contributed by atoms with Crippen molar-refractivity contribution in [3.63, 3.8) is 0 Å². The van der Waals surface area contributed by atoms with Crippen LogP contribution in [0.4, 0.5) is 4.79 Å². The molecule has 0 fully saturated rings. The Labute approximate surface area is 52.8 Å². The van der Waals surface area contributed by atoms with E-state index >= 15 is 0 Å². The molecule has 3 nitrogen and oxygen atoms in total. The molecule has 0 bridgehead atoms. The maximum Gasteiger partial charge on any atom is 0.344 e. The van der Waals surface area contributed by atoms with Gasteiger partial charge in [0, 0.05) is 12.4 Å². The molecule has 1 heterocycles. The van der Waals surface area contributed by atoms with Crippen molar-refractivity contribution in [2.75, 3.05) is 0 Å². The van der Waals surface area contributed by atoms with Gasteiger partial charge in [-0.25, -0.2) is 9.79 Å². The molecule has 1 rings (SSSR count). The van der Waals surface area contributed by atoms with Gasteiger partial charge in [0.15, 0.2) is 0 Å². The van der Waals surface area contributed by atoms with Gasteiger partial charge in [-0.2, -0.15) is 0 Å². The van der Waals surface area contributed by atoms with Crippen molar-refractivity contribution in [3.8, 4) is 0 Å². The summed E-state index contributed by atoms with van der Waals surface area (Å²) in [5.41, 5.74) is 0. The summed E-state index contributed by atoms with van der Waals surface area (Å²) in [5.74, 6) is 0. The highest BCUT2D eigenvalue weighted by molar-refractivity contribution is 5.88. The highest BCUT2D eigenvalue weighted by Crippen LogP contribution is 1.80. The molecule has 0 aromatic heterocycles. The van der Waals surface area contributed by atoms with E-state index in [1.807, 2.05) is 0 Å². The predicted octanol–water partition coefficient (Wildman–Crippen LogP) is 0.850. The van der Waals surface area contributed by atoms with E-state index in [4.69, 9.17) is 0 Å². The van der Waals surface area contributed by atoms with Gasteiger partial charge >= 0.3 is 6.03 Å². The molecule has 0 saturated heterocycles. The molecule has 0 radical (unpaired) electrons. The van der Waals surface area contributed by atoms with Gasteiger partial charge < -0.3 is 5.32 Å². The number of amides is 2. The monoisotopic (exact) mass is 122 g/mol. The van der Waals surface area contributed by atoms with Crippen LogP contribution in [0.1, 0.15) is 0 Å². The number of carbonyl (C=O) groups is 1. The first-order valence-corrected chi connectivity index (χ1v) is 2.56. The zero-order chi connectivity index (χ0) is 6.53. The Morgan fingerprint density at radius 3 is 3.11 bits per heavy atom. The van der Waals surface area contributed by atoms with Crippen LogP contribution in [-0.4, -0.2) is 12.2 Å². The third-order valence-corrected chi connectivity index (χ3v) is 0.803. The number of hydrogen-bond acceptors (Lipinski definition) is 1. The highest BCUT2D eigenvalue weighted by atomic mass is 16.2. The summed E-state index contributed by atoms with van der Waals surface area (Å²) in [6.07, 6.45) is 8.18. The molecule has 1 aliphatic heterocycles. The lowest BCUT2D eigenvalue weighted by Gasteiger charge is -1.90. The largest absolute Gasteiger partial charge is 0.344 e. The van der Waals surface area contributed by atoms with Gasteiger partial charge in [-0.3, -0.25) is 0 Å². The molecule has 0 saturated carbocycles. The van der Waals surface area contributed by atoms with Gasteiger partial charge in [-0.05, 0) is 12.2 Å². The van der Waals surface area contributed by atoms with Gasteiger partial charge in [0.05, 0.1) is 0 Å². The lowest BCUT2D eigenvalue weighted by atomic mass is 10.5. The second-order valence-corrected chi connectivity index (χ2v) is 1.47. The van der Waals surface area contributed by atoms with Crippen molar-refractivity contribution in [3.05, 3.63) is 24.4 Å². The van der Waals surface area contributed by atoms with E-state index in [2.05, 4.69) is 10.3 Å². The van der Waals surface area contributed by atoms with Crippen LogP contribution in [0.3, 0.4) is 0 Å². The molecule has 2 amide bonds. The SMILES string of the molecule is O=C1N=CC=CC=CN1. The third kappa shape index (κ3) is 1.90. The van der Waals surface area contributed by atoms with Crippen LogP contribution in [0.5, 0.6) is 0 Å². The second-order valence-electron chi connectivity index (χ2n) is 1.47.